The van der Waals surface area contributed by atoms with Crippen molar-refractivity contribution in [3.63, 3.8) is 0 Å². The van der Waals surface area contributed by atoms with Gasteiger partial charge in [0.25, 0.3) is 0 Å². The number of aliphatic imine (C=N–C) groups is 1. The zero-order valence-electron chi connectivity index (χ0n) is 17.7. The predicted octanol–water partition coefficient (Wildman–Crippen LogP) is 3.25. The first kappa shape index (κ1) is 22.5. The Labute approximate surface area is 160 Å². The number of ether oxygens (including phenoxy) is 1. The summed E-state index contributed by atoms with van der Waals surface area (Å²) in [5.41, 5.74) is 2.75. The third-order valence-corrected chi connectivity index (χ3v) is 4.78. The molecule has 0 fully saturated rings. The van der Waals surface area contributed by atoms with E-state index in [0.29, 0.717) is 0 Å². The number of guanidine groups is 1. The quantitative estimate of drug-likeness (QED) is 0.523. The first-order valence-electron chi connectivity index (χ1n) is 9.62. The van der Waals surface area contributed by atoms with Gasteiger partial charge in [-0.3, -0.25) is 9.89 Å². The number of rotatable bonds is 9. The van der Waals surface area contributed by atoms with E-state index in [1.165, 1.54) is 11.1 Å². The van der Waals surface area contributed by atoms with E-state index in [1.54, 1.807) is 14.2 Å². The van der Waals surface area contributed by atoms with Gasteiger partial charge >= 0.3 is 0 Å². The van der Waals surface area contributed by atoms with Crippen molar-refractivity contribution in [2.45, 2.75) is 53.8 Å². The third-order valence-electron chi connectivity index (χ3n) is 4.78. The number of nitrogens with one attached hydrogen (secondary N) is 2. The van der Waals surface area contributed by atoms with Crippen molar-refractivity contribution in [3.05, 3.63) is 35.4 Å². The van der Waals surface area contributed by atoms with Crippen LogP contribution in [0.4, 0.5) is 0 Å². The highest BCUT2D eigenvalue weighted by atomic mass is 16.5. The van der Waals surface area contributed by atoms with Crippen molar-refractivity contribution >= 4 is 5.96 Å². The van der Waals surface area contributed by atoms with Crippen LogP contribution in [-0.4, -0.2) is 50.8 Å². The lowest BCUT2D eigenvalue weighted by molar-refractivity contribution is 0.0205. The van der Waals surface area contributed by atoms with Crippen LogP contribution in [-0.2, 0) is 17.8 Å². The molecule has 0 saturated heterocycles. The number of benzene rings is 1. The minimum Gasteiger partial charge on any atom is -0.379 e. The molecule has 26 heavy (non-hydrogen) atoms. The van der Waals surface area contributed by atoms with Gasteiger partial charge in [-0.25, -0.2) is 0 Å². The van der Waals surface area contributed by atoms with Crippen molar-refractivity contribution in [3.8, 4) is 0 Å². The summed E-state index contributed by atoms with van der Waals surface area (Å²) in [7, 11) is 3.56. The average molecular weight is 363 g/mol. The molecular weight excluding hydrogens is 324 g/mol. The van der Waals surface area contributed by atoms with E-state index in [4.69, 9.17) is 4.74 Å². The molecule has 5 heteroatoms. The lowest BCUT2D eigenvalue weighted by Gasteiger charge is -2.30. The van der Waals surface area contributed by atoms with E-state index in [2.05, 4.69) is 79.4 Å². The molecule has 1 aromatic carbocycles. The molecule has 5 nitrogen and oxygen atoms in total. The van der Waals surface area contributed by atoms with Crippen LogP contribution in [0.5, 0.6) is 0 Å². The van der Waals surface area contributed by atoms with Crippen LogP contribution in [0.1, 0.15) is 45.7 Å². The molecule has 1 atom stereocenters. The molecule has 0 heterocycles. The summed E-state index contributed by atoms with van der Waals surface area (Å²) in [6, 6.07) is 8.61. The molecule has 0 aliphatic carbocycles. The minimum atomic E-state index is 0.0803. The van der Waals surface area contributed by atoms with Crippen LogP contribution in [0.25, 0.3) is 0 Å². The molecule has 1 rings (SSSR count). The molecule has 1 unspecified atom stereocenters. The molecule has 0 aliphatic rings. The Hall–Kier alpha value is -1.59. The molecule has 0 spiro atoms. The maximum atomic E-state index is 5.61. The van der Waals surface area contributed by atoms with Gasteiger partial charge in [0.15, 0.2) is 5.96 Å². The maximum absolute atomic E-state index is 5.61. The Morgan fingerprint density at radius 1 is 1.12 bits per heavy atom. The number of methoxy groups -OCH3 is 1. The van der Waals surface area contributed by atoms with Crippen LogP contribution in [0.15, 0.2) is 29.3 Å². The summed E-state index contributed by atoms with van der Waals surface area (Å²) < 4.78 is 5.61. The van der Waals surface area contributed by atoms with Crippen LogP contribution in [0, 0.1) is 5.41 Å². The molecule has 0 radical (unpaired) electrons. The summed E-state index contributed by atoms with van der Waals surface area (Å²) in [4.78, 5) is 6.77. The summed E-state index contributed by atoms with van der Waals surface area (Å²) in [6.45, 7) is 15.5. The highest BCUT2D eigenvalue weighted by Crippen LogP contribution is 2.20. The lowest BCUT2D eigenvalue weighted by Crippen LogP contribution is -2.45. The standard InChI is InChI=1S/C21H38N4O/c1-8-25(9-2)16-18-13-11-10-12-17(18)14-23-20(22-6)24-15-19(26-7)21(3,4)5/h10-13,19H,8-9,14-16H2,1-7H3,(H2,22,23,24). The van der Waals surface area contributed by atoms with Gasteiger partial charge in [-0.1, -0.05) is 58.9 Å². The van der Waals surface area contributed by atoms with E-state index in [-0.39, 0.29) is 11.5 Å². The van der Waals surface area contributed by atoms with E-state index in [0.717, 1.165) is 38.7 Å². The van der Waals surface area contributed by atoms with Gasteiger partial charge in [0.2, 0.25) is 0 Å². The van der Waals surface area contributed by atoms with E-state index in [9.17, 15) is 0 Å². The van der Waals surface area contributed by atoms with Gasteiger partial charge in [0.1, 0.15) is 0 Å². The fourth-order valence-corrected chi connectivity index (χ4v) is 2.90. The van der Waals surface area contributed by atoms with Crippen LogP contribution in [0.3, 0.4) is 0 Å². The Morgan fingerprint density at radius 3 is 2.23 bits per heavy atom. The second-order valence-corrected chi connectivity index (χ2v) is 7.63. The number of nitrogens with zero attached hydrogens (tertiary/aromatic N) is 2. The van der Waals surface area contributed by atoms with Crippen molar-refractivity contribution in [2.24, 2.45) is 10.4 Å². The van der Waals surface area contributed by atoms with Crippen molar-refractivity contribution in [1.82, 2.24) is 15.5 Å². The first-order valence-corrected chi connectivity index (χ1v) is 9.62. The second kappa shape index (κ2) is 11.2. The maximum Gasteiger partial charge on any atom is 0.191 e. The first-order chi connectivity index (χ1) is 12.3. The Kier molecular flexibility index (Phi) is 9.66. The van der Waals surface area contributed by atoms with Gasteiger partial charge in [-0.15, -0.1) is 0 Å². The summed E-state index contributed by atoms with van der Waals surface area (Å²) in [5.74, 6) is 0.800. The average Bonchev–Trinajstić information content (AvgIpc) is 2.62. The number of hydrogen-bond acceptors (Lipinski definition) is 3. The summed E-state index contributed by atoms with van der Waals surface area (Å²) >= 11 is 0. The number of hydrogen-bond donors (Lipinski definition) is 2. The molecule has 0 aliphatic heterocycles. The smallest absolute Gasteiger partial charge is 0.191 e. The molecule has 148 valence electrons. The largest absolute Gasteiger partial charge is 0.379 e. The molecule has 1 aromatic rings. The lowest BCUT2D eigenvalue weighted by atomic mass is 9.89. The highest BCUT2D eigenvalue weighted by molar-refractivity contribution is 5.79. The zero-order chi connectivity index (χ0) is 19.6. The Bertz CT molecular complexity index is 547. The van der Waals surface area contributed by atoms with Crippen LogP contribution in [0.2, 0.25) is 0 Å². The van der Waals surface area contributed by atoms with E-state index >= 15 is 0 Å². The van der Waals surface area contributed by atoms with E-state index < -0.39 is 0 Å². The second-order valence-electron chi connectivity index (χ2n) is 7.63. The SMILES string of the molecule is CCN(CC)Cc1ccccc1CNC(=NC)NCC(OC)C(C)(C)C. The molecule has 0 aromatic heterocycles. The minimum absolute atomic E-state index is 0.0803. The monoisotopic (exact) mass is 362 g/mol. The summed E-state index contributed by atoms with van der Waals surface area (Å²) in [5, 5.41) is 6.81. The molecular formula is C21H38N4O. The highest BCUT2D eigenvalue weighted by Gasteiger charge is 2.24. The van der Waals surface area contributed by atoms with Crippen molar-refractivity contribution < 1.29 is 4.74 Å². The molecule has 0 amide bonds. The summed E-state index contributed by atoms with van der Waals surface area (Å²) in [6.07, 6.45) is 0.121. The van der Waals surface area contributed by atoms with Crippen LogP contribution < -0.4 is 10.6 Å². The molecule has 0 saturated carbocycles. The fraction of sp³-hybridized carbons (Fsp3) is 0.667. The van der Waals surface area contributed by atoms with Crippen molar-refractivity contribution in [2.75, 3.05) is 33.8 Å². The third kappa shape index (κ3) is 7.34. The van der Waals surface area contributed by atoms with E-state index in [1.807, 2.05) is 0 Å². The fourth-order valence-electron chi connectivity index (χ4n) is 2.90. The van der Waals surface area contributed by atoms with Gasteiger partial charge < -0.3 is 15.4 Å². The van der Waals surface area contributed by atoms with Gasteiger partial charge in [-0.05, 0) is 29.6 Å². The Morgan fingerprint density at radius 2 is 1.73 bits per heavy atom. The molecule has 0 bridgehead atoms. The molecule has 2 N–H and O–H groups in total. The van der Waals surface area contributed by atoms with Gasteiger partial charge in [0, 0.05) is 33.8 Å². The topological polar surface area (TPSA) is 48.9 Å². The zero-order valence-corrected chi connectivity index (χ0v) is 17.7. The van der Waals surface area contributed by atoms with Crippen LogP contribution >= 0.6 is 0 Å². The predicted molar refractivity (Wildman–Crippen MR) is 112 cm³/mol. The normalized spacial score (nSPS) is 13.8. The van der Waals surface area contributed by atoms with Gasteiger partial charge in [0.05, 0.1) is 6.10 Å². The van der Waals surface area contributed by atoms with Crippen molar-refractivity contribution in [1.29, 1.82) is 0 Å². The van der Waals surface area contributed by atoms with Gasteiger partial charge in [-0.2, -0.15) is 0 Å². The Balaban J connectivity index is 2.66.